The molecular formula is C15H15IN4O2. The Labute approximate surface area is 141 Å². The van der Waals surface area contributed by atoms with Crippen LogP contribution < -0.4 is 10.6 Å². The molecule has 2 aromatic rings. The van der Waals surface area contributed by atoms with Gasteiger partial charge in [0, 0.05) is 34.6 Å². The topological polar surface area (TPSA) is 84.0 Å². The van der Waals surface area contributed by atoms with E-state index in [0.29, 0.717) is 25.1 Å². The molecule has 0 fully saturated rings. The molecule has 6 nitrogen and oxygen atoms in total. The zero-order valence-corrected chi connectivity index (χ0v) is 13.9. The van der Waals surface area contributed by atoms with Gasteiger partial charge in [-0.2, -0.15) is 0 Å². The standard InChI is InChI=1S/C15H15IN4O2/c16-12-4-1-3-11(9-12)14(21)19-5-2-6-20-15(22)13-10-17-7-8-18-13/h1,3-4,7-10H,2,5-6H2,(H,19,21)(H,20,22). The van der Waals surface area contributed by atoms with Crippen LogP contribution in [0.15, 0.2) is 42.9 Å². The van der Waals surface area contributed by atoms with E-state index in [4.69, 9.17) is 0 Å². The first-order valence-electron chi connectivity index (χ1n) is 6.75. The molecule has 2 amide bonds. The quantitative estimate of drug-likeness (QED) is 0.560. The van der Waals surface area contributed by atoms with E-state index in [-0.39, 0.29) is 17.5 Å². The molecule has 0 spiro atoms. The normalized spacial score (nSPS) is 10.0. The molecule has 0 radical (unpaired) electrons. The van der Waals surface area contributed by atoms with Crippen molar-refractivity contribution >= 4 is 34.4 Å². The maximum Gasteiger partial charge on any atom is 0.271 e. The van der Waals surface area contributed by atoms with Crippen LogP contribution in [-0.4, -0.2) is 34.9 Å². The SMILES string of the molecule is O=C(NCCCNC(=O)c1cnccn1)c1cccc(I)c1. The second kappa shape index (κ2) is 8.42. The summed E-state index contributed by atoms with van der Waals surface area (Å²) in [5.74, 6) is -0.379. The van der Waals surface area contributed by atoms with Gasteiger partial charge in [-0.05, 0) is 47.2 Å². The van der Waals surface area contributed by atoms with E-state index in [1.54, 1.807) is 6.07 Å². The van der Waals surface area contributed by atoms with Gasteiger partial charge in [0.25, 0.3) is 11.8 Å². The van der Waals surface area contributed by atoms with Gasteiger partial charge in [-0.25, -0.2) is 4.98 Å². The lowest BCUT2D eigenvalue weighted by atomic mass is 10.2. The molecule has 22 heavy (non-hydrogen) atoms. The van der Waals surface area contributed by atoms with E-state index >= 15 is 0 Å². The maximum atomic E-state index is 11.9. The van der Waals surface area contributed by atoms with Crippen LogP contribution in [0, 0.1) is 3.57 Å². The van der Waals surface area contributed by atoms with Crippen LogP contribution in [-0.2, 0) is 0 Å². The van der Waals surface area contributed by atoms with Crippen LogP contribution in [0.25, 0.3) is 0 Å². The van der Waals surface area contributed by atoms with Crippen molar-refractivity contribution in [2.45, 2.75) is 6.42 Å². The molecule has 114 valence electrons. The van der Waals surface area contributed by atoms with Crippen molar-refractivity contribution < 1.29 is 9.59 Å². The first kappa shape index (κ1) is 16.3. The third-order valence-electron chi connectivity index (χ3n) is 2.81. The van der Waals surface area contributed by atoms with Crippen molar-refractivity contribution in [1.29, 1.82) is 0 Å². The summed E-state index contributed by atoms with van der Waals surface area (Å²) in [6.07, 6.45) is 5.03. The first-order chi connectivity index (χ1) is 10.7. The molecule has 0 bridgehead atoms. The summed E-state index contributed by atoms with van der Waals surface area (Å²) < 4.78 is 1.02. The summed E-state index contributed by atoms with van der Waals surface area (Å²) >= 11 is 2.16. The molecule has 0 aliphatic heterocycles. The molecule has 0 unspecified atom stereocenters. The van der Waals surface area contributed by atoms with Crippen molar-refractivity contribution in [3.8, 4) is 0 Å². The van der Waals surface area contributed by atoms with Gasteiger partial charge in [0.05, 0.1) is 6.20 Å². The molecule has 7 heteroatoms. The lowest BCUT2D eigenvalue weighted by Crippen LogP contribution is -2.30. The largest absolute Gasteiger partial charge is 0.352 e. The van der Waals surface area contributed by atoms with Crippen LogP contribution >= 0.6 is 22.6 Å². The second-order valence-electron chi connectivity index (χ2n) is 4.47. The van der Waals surface area contributed by atoms with Crippen LogP contribution in [0.4, 0.5) is 0 Å². The van der Waals surface area contributed by atoms with Crippen molar-refractivity contribution in [1.82, 2.24) is 20.6 Å². The van der Waals surface area contributed by atoms with Crippen LogP contribution in [0.3, 0.4) is 0 Å². The minimum atomic E-state index is -0.267. The summed E-state index contributed by atoms with van der Waals surface area (Å²) in [6.45, 7) is 0.951. The zero-order chi connectivity index (χ0) is 15.8. The van der Waals surface area contributed by atoms with E-state index in [2.05, 4.69) is 43.2 Å². The van der Waals surface area contributed by atoms with Crippen molar-refractivity contribution in [3.05, 3.63) is 57.7 Å². The predicted molar refractivity (Wildman–Crippen MR) is 90.5 cm³/mol. The fourth-order valence-electron chi connectivity index (χ4n) is 1.73. The number of hydrogen-bond donors (Lipinski definition) is 2. The van der Waals surface area contributed by atoms with Gasteiger partial charge in [0.1, 0.15) is 5.69 Å². The minimum absolute atomic E-state index is 0.112. The smallest absolute Gasteiger partial charge is 0.271 e. The molecule has 0 aliphatic rings. The second-order valence-corrected chi connectivity index (χ2v) is 5.71. The Morgan fingerprint density at radius 3 is 2.55 bits per heavy atom. The number of nitrogens with one attached hydrogen (secondary N) is 2. The molecule has 1 aromatic carbocycles. The fourth-order valence-corrected chi connectivity index (χ4v) is 2.27. The number of carbonyl (C=O) groups is 2. The number of halogens is 1. The summed E-state index contributed by atoms with van der Waals surface area (Å²) in [6, 6.07) is 7.37. The predicted octanol–water partition coefficient (Wildman–Crippen LogP) is 1.63. The number of carbonyl (C=O) groups excluding carboxylic acids is 2. The Bertz CT molecular complexity index is 649. The van der Waals surface area contributed by atoms with Gasteiger partial charge in [-0.3, -0.25) is 14.6 Å². The van der Waals surface area contributed by atoms with Crippen molar-refractivity contribution in [2.24, 2.45) is 0 Å². The Balaban J connectivity index is 1.67. The van der Waals surface area contributed by atoms with Crippen LogP contribution in [0.2, 0.25) is 0 Å². The highest BCUT2D eigenvalue weighted by molar-refractivity contribution is 14.1. The van der Waals surface area contributed by atoms with Gasteiger partial charge in [-0.15, -0.1) is 0 Å². The van der Waals surface area contributed by atoms with Crippen LogP contribution in [0.1, 0.15) is 27.3 Å². The Morgan fingerprint density at radius 2 is 1.86 bits per heavy atom. The Kier molecular flexibility index (Phi) is 6.26. The molecular weight excluding hydrogens is 395 g/mol. The van der Waals surface area contributed by atoms with Crippen molar-refractivity contribution in [2.75, 3.05) is 13.1 Å². The number of nitrogens with zero attached hydrogens (tertiary/aromatic N) is 2. The molecule has 0 atom stereocenters. The van der Waals surface area contributed by atoms with E-state index in [1.807, 2.05) is 18.2 Å². The van der Waals surface area contributed by atoms with Gasteiger partial charge in [0.15, 0.2) is 0 Å². The lowest BCUT2D eigenvalue weighted by Gasteiger charge is -2.07. The molecule has 0 saturated carbocycles. The minimum Gasteiger partial charge on any atom is -0.352 e. The number of rotatable bonds is 6. The van der Waals surface area contributed by atoms with E-state index < -0.39 is 0 Å². The van der Waals surface area contributed by atoms with Gasteiger partial charge < -0.3 is 10.6 Å². The number of aromatic nitrogens is 2. The van der Waals surface area contributed by atoms with Gasteiger partial charge in [-0.1, -0.05) is 6.07 Å². The van der Waals surface area contributed by atoms with Gasteiger partial charge >= 0.3 is 0 Å². The first-order valence-corrected chi connectivity index (χ1v) is 7.82. The zero-order valence-electron chi connectivity index (χ0n) is 11.8. The lowest BCUT2D eigenvalue weighted by molar-refractivity contribution is 0.0947. The maximum absolute atomic E-state index is 11.9. The molecule has 1 heterocycles. The molecule has 1 aromatic heterocycles. The number of benzene rings is 1. The third-order valence-corrected chi connectivity index (χ3v) is 3.48. The number of amides is 2. The van der Waals surface area contributed by atoms with E-state index in [0.717, 1.165) is 3.57 Å². The average Bonchev–Trinajstić information content (AvgIpc) is 2.55. The molecule has 2 rings (SSSR count). The van der Waals surface area contributed by atoms with Crippen LogP contribution in [0.5, 0.6) is 0 Å². The summed E-state index contributed by atoms with van der Waals surface area (Å²) in [5.41, 5.74) is 0.917. The van der Waals surface area contributed by atoms with E-state index in [9.17, 15) is 9.59 Å². The highest BCUT2D eigenvalue weighted by atomic mass is 127. The summed E-state index contributed by atoms with van der Waals surface area (Å²) in [5, 5.41) is 5.55. The highest BCUT2D eigenvalue weighted by Gasteiger charge is 2.07. The summed E-state index contributed by atoms with van der Waals surface area (Å²) in [4.78, 5) is 31.3. The summed E-state index contributed by atoms with van der Waals surface area (Å²) in [7, 11) is 0. The Hall–Kier alpha value is -2.03. The highest BCUT2D eigenvalue weighted by Crippen LogP contribution is 2.07. The molecule has 0 saturated heterocycles. The van der Waals surface area contributed by atoms with Gasteiger partial charge in [0.2, 0.25) is 0 Å². The molecule has 0 aliphatic carbocycles. The third kappa shape index (κ3) is 5.06. The average molecular weight is 410 g/mol. The molecule has 2 N–H and O–H groups in total. The number of hydrogen-bond acceptors (Lipinski definition) is 4. The van der Waals surface area contributed by atoms with E-state index in [1.165, 1.54) is 18.6 Å². The Morgan fingerprint density at radius 1 is 1.09 bits per heavy atom. The monoisotopic (exact) mass is 410 g/mol. The van der Waals surface area contributed by atoms with Crippen molar-refractivity contribution in [3.63, 3.8) is 0 Å². The fraction of sp³-hybridized carbons (Fsp3) is 0.200.